The first kappa shape index (κ1) is 12.0. The fourth-order valence-electron chi connectivity index (χ4n) is 1.42. The van der Waals surface area contributed by atoms with E-state index in [1.54, 1.807) is 11.6 Å². The molecule has 7 heteroatoms. The Labute approximate surface area is 102 Å². The Hall–Kier alpha value is -2.44. The fraction of sp³-hybridized carbons (Fsp3) is 0.182. The van der Waals surface area contributed by atoms with Gasteiger partial charge in [-0.2, -0.15) is 0 Å². The molecule has 0 spiro atoms. The van der Waals surface area contributed by atoms with E-state index in [0.29, 0.717) is 5.82 Å². The van der Waals surface area contributed by atoms with E-state index in [-0.39, 0.29) is 12.1 Å². The van der Waals surface area contributed by atoms with E-state index in [4.69, 9.17) is 0 Å². The number of nitrogens with zero attached hydrogens (tertiary/aromatic N) is 3. The molecule has 0 radical (unpaired) electrons. The number of carbonyl (C=O) groups is 1. The SMILES string of the molecule is Cn1cnnc1CNC(=O)c1ccc(F)cc1O. The van der Waals surface area contributed by atoms with Crippen molar-refractivity contribution in [3.05, 3.63) is 41.7 Å². The van der Waals surface area contributed by atoms with E-state index in [1.165, 1.54) is 12.4 Å². The number of aromatic hydroxyl groups is 1. The molecule has 6 nitrogen and oxygen atoms in total. The lowest BCUT2D eigenvalue weighted by atomic mass is 10.2. The van der Waals surface area contributed by atoms with Crippen LogP contribution in [0.15, 0.2) is 24.5 Å². The average molecular weight is 250 g/mol. The summed E-state index contributed by atoms with van der Waals surface area (Å²) in [6, 6.07) is 3.21. The molecule has 18 heavy (non-hydrogen) atoms. The predicted molar refractivity (Wildman–Crippen MR) is 60.2 cm³/mol. The van der Waals surface area contributed by atoms with Gasteiger partial charge in [-0.25, -0.2) is 4.39 Å². The van der Waals surface area contributed by atoms with Gasteiger partial charge in [0.05, 0.1) is 12.1 Å². The summed E-state index contributed by atoms with van der Waals surface area (Å²) in [6.45, 7) is 0.173. The Kier molecular flexibility index (Phi) is 3.22. The quantitative estimate of drug-likeness (QED) is 0.835. The molecule has 0 atom stereocenters. The van der Waals surface area contributed by atoms with Crippen LogP contribution in [-0.4, -0.2) is 25.8 Å². The molecule has 0 aliphatic carbocycles. The van der Waals surface area contributed by atoms with Crippen molar-refractivity contribution in [1.29, 1.82) is 0 Å². The Morgan fingerprint density at radius 3 is 2.94 bits per heavy atom. The van der Waals surface area contributed by atoms with Crippen LogP contribution < -0.4 is 5.32 Å². The summed E-state index contributed by atoms with van der Waals surface area (Å²) in [5, 5.41) is 19.5. The number of halogens is 1. The minimum Gasteiger partial charge on any atom is -0.507 e. The zero-order valence-corrected chi connectivity index (χ0v) is 9.59. The summed E-state index contributed by atoms with van der Waals surface area (Å²) in [5.74, 6) is -0.928. The number of hydrogen-bond donors (Lipinski definition) is 2. The molecule has 0 saturated heterocycles. The van der Waals surface area contributed by atoms with E-state index < -0.39 is 17.5 Å². The number of rotatable bonds is 3. The van der Waals surface area contributed by atoms with Gasteiger partial charge < -0.3 is 15.0 Å². The molecule has 1 aromatic heterocycles. The molecule has 0 aliphatic heterocycles. The van der Waals surface area contributed by atoms with Gasteiger partial charge in [0.25, 0.3) is 5.91 Å². The third kappa shape index (κ3) is 2.45. The maximum Gasteiger partial charge on any atom is 0.255 e. The third-order valence-electron chi connectivity index (χ3n) is 2.42. The Morgan fingerprint density at radius 1 is 1.56 bits per heavy atom. The van der Waals surface area contributed by atoms with E-state index in [0.717, 1.165) is 12.1 Å². The van der Waals surface area contributed by atoms with Gasteiger partial charge in [-0.15, -0.1) is 10.2 Å². The number of benzene rings is 1. The summed E-state index contributed by atoms with van der Waals surface area (Å²) >= 11 is 0. The number of carbonyl (C=O) groups excluding carboxylic acids is 1. The number of phenols is 1. The molecule has 0 saturated carbocycles. The average Bonchev–Trinajstić information content (AvgIpc) is 2.72. The zero-order valence-electron chi connectivity index (χ0n) is 9.59. The summed E-state index contributed by atoms with van der Waals surface area (Å²) < 4.78 is 14.4. The van der Waals surface area contributed by atoms with Crippen molar-refractivity contribution in [3.8, 4) is 5.75 Å². The molecule has 1 aromatic carbocycles. The van der Waals surface area contributed by atoms with Crippen LogP contribution in [0.3, 0.4) is 0 Å². The van der Waals surface area contributed by atoms with Crippen molar-refractivity contribution in [2.24, 2.45) is 7.05 Å². The van der Waals surface area contributed by atoms with E-state index in [9.17, 15) is 14.3 Å². The maximum absolute atomic E-state index is 12.8. The summed E-state index contributed by atoms with van der Waals surface area (Å²) in [7, 11) is 1.75. The topological polar surface area (TPSA) is 80.0 Å². The lowest BCUT2D eigenvalue weighted by Gasteiger charge is -2.06. The molecule has 2 aromatic rings. The number of nitrogens with one attached hydrogen (secondary N) is 1. The van der Waals surface area contributed by atoms with Crippen LogP contribution in [0.4, 0.5) is 4.39 Å². The predicted octanol–water partition coefficient (Wildman–Crippen LogP) is 0.590. The lowest BCUT2D eigenvalue weighted by molar-refractivity contribution is 0.0947. The van der Waals surface area contributed by atoms with E-state index >= 15 is 0 Å². The first-order valence-corrected chi connectivity index (χ1v) is 5.17. The standard InChI is InChI=1S/C11H11FN4O2/c1-16-6-14-15-10(16)5-13-11(18)8-3-2-7(12)4-9(8)17/h2-4,6,17H,5H2,1H3,(H,13,18). The van der Waals surface area contributed by atoms with Crippen molar-refractivity contribution in [2.45, 2.75) is 6.54 Å². The van der Waals surface area contributed by atoms with Crippen molar-refractivity contribution < 1.29 is 14.3 Å². The highest BCUT2D eigenvalue weighted by Gasteiger charge is 2.12. The molecule has 1 heterocycles. The number of aromatic nitrogens is 3. The molecule has 0 aliphatic rings. The number of phenolic OH excluding ortho intramolecular Hbond substituents is 1. The summed E-state index contributed by atoms with van der Waals surface area (Å²) in [4.78, 5) is 11.7. The van der Waals surface area contributed by atoms with Gasteiger partial charge in [0.1, 0.15) is 17.9 Å². The number of hydrogen-bond acceptors (Lipinski definition) is 4. The first-order valence-electron chi connectivity index (χ1n) is 5.17. The molecule has 2 rings (SSSR count). The fourth-order valence-corrected chi connectivity index (χ4v) is 1.42. The summed E-state index contributed by atoms with van der Waals surface area (Å²) in [5.41, 5.74) is 0.0126. The van der Waals surface area contributed by atoms with E-state index in [2.05, 4.69) is 15.5 Å². The van der Waals surface area contributed by atoms with Crippen LogP contribution in [0.1, 0.15) is 16.2 Å². The van der Waals surface area contributed by atoms with Crippen LogP contribution in [0.5, 0.6) is 5.75 Å². The molecule has 94 valence electrons. The van der Waals surface area contributed by atoms with Crippen molar-refractivity contribution >= 4 is 5.91 Å². The van der Waals surface area contributed by atoms with Gasteiger partial charge in [0, 0.05) is 13.1 Å². The monoisotopic (exact) mass is 250 g/mol. The number of aryl methyl sites for hydroxylation is 1. The highest BCUT2D eigenvalue weighted by molar-refractivity contribution is 5.96. The van der Waals surface area contributed by atoms with Crippen LogP contribution >= 0.6 is 0 Å². The first-order chi connectivity index (χ1) is 8.58. The minimum atomic E-state index is -0.600. The van der Waals surface area contributed by atoms with Crippen LogP contribution in [0.25, 0.3) is 0 Å². The van der Waals surface area contributed by atoms with E-state index in [1.807, 2.05) is 0 Å². The Morgan fingerprint density at radius 2 is 2.33 bits per heavy atom. The van der Waals surface area contributed by atoms with Crippen molar-refractivity contribution in [1.82, 2.24) is 20.1 Å². The van der Waals surface area contributed by atoms with Crippen molar-refractivity contribution in [2.75, 3.05) is 0 Å². The Balaban J connectivity index is 2.06. The van der Waals surface area contributed by atoms with Crippen LogP contribution in [0.2, 0.25) is 0 Å². The van der Waals surface area contributed by atoms with Gasteiger partial charge in [0.2, 0.25) is 0 Å². The second kappa shape index (κ2) is 4.82. The smallest absolute Gasteiger partial charge is 0.255 e. The molecule has 1 amide bonds. The van der Waals surface area contributed by atoms with Gasteiger partial charge >= 0.3 is 0 Å². The molecule has 0 unspecified atom stereocenters. The second-order valence-electron chi connectivity index (χ2n) is 3.70. The van der Waals surface area contributed by atoms with Gasteiger partial charge in [0.15, 0.2) is 5.82 Å². The third-order valence-corrected chi connectivity index (χ3v) is 2.42. The number of amides is 1. The molecular weight excluding hydrogens is 239 g/mol. The van der Waals surface area contributed by atoms with Gasteiger partial charge in [-0.1, -0.05) is 0 Å². The highest BCUT2D eigenvalue weighted by Crippen LogP contribution is 2.17. The minimum absolute atomic E-state index is 0.0126. The van der Waals surface area contributed by atoms with Crippen LogP contribution in [-0.2, 0) is 13.6 Å². The van der Waals surface area contributed by atoms with Gasteiger partial charge in [-0.05, 0) is 12.1 Å². The highest BCUT2D eigenvalue weighted by atomic mass is 19.1. The normalized spacial score (nSPS) is 10.3. The lowest BCUT2D eigenvalue weighted by Crippen LogP contribution is -2.24. The second-order valence-corrected chi connectivity index (χ2v) is 3.70. The molecular formula is C11H11FN4O2. The van der Waals surface area contributed by atoms with Crippen LogP contribution in [0, 0.1) is 5.82 Å². The molecule has 2 N–H and O–H groups in total. The molecule has 0 bridgehead atoms. The van der Waals surface area contributed by atoms with Crippen molar-refractivity contribution in [3.63, 3.8) is 0 Å². The largest absolute Gasteiger partial charge is 0.507 e. The molecule has 0 fully saturated rings. The Bertz CT molecular complexity index is 582. The maximum atomic E-state index is 12.8. The van der Waals surface area contributed by atoms with Gasteiger partial charge in [-0.3, -0.25) is 4.79 Å². The zero-order chi connectivity index (χ0) is 13.1. The summed E-state index contributed by atoms with van der Waals surface area (Å²) in [6.07, 6.45) is 1.51.